The van der Waals surface area contributed by atoms with E-state index in [1.54, 1.807) is 0 Å². The van der Waals surface area contributed by atoms with Crippen molar-refractivity contribution in [3.05, 3.63) is 41.2 Å². The number of likely N-dealkylation sites (tertiary alicyclic amines) is 2. The molecule has 11 nitrogen and oxygen atoms in total. The van der Waals surface area contributed by atoms with E-state index in [1.165, 1.54) is 5.56 Å². The van der Waals surface area contributed by atoms with Crippen molar-refractivity contribution in [2.75, 3.05) is 38.0 Å². The van der Waals surface area contributed by atoms with Crippen LogP contribution in [0, 0.1) is 18.4 Å². The van der Waals surface area contributed by atoms with E-state index in [2.05, 4.69) is 53.6 Å². The first-order valence-corrected chi connectivity index (χ1v) is 13.0. The minimum Gasteiger partial charge on any atom is -0.481 e. The van der Waals surface area contributed by atoms with Gasteiger partial charge in [-0.2, -0.15) is 0 Å². The Balaban J connectivity index is 1.21. The zero-order chi connectivity index (χ0) is 25.1. The number of nitrogens with zero attached hydrogens (tertiary/aromatic N) is 3. The maximum Gasteiger partial charge on any atom is 0.306 e. The van der Waals surface area contributed by atoms with E-state index in [0.717, 1.165) is 51.3 Å². The summed E-state index contributed by atoms with van der Waals surface area (Å²) in [6.45, 7) is 12.1. The van der Waals surface area contributed by atoms with Gasteiger partial charge in [0.2, 0.25) is 11.9 Å². The van der Waals surface area contributed by atoms with Crippen molar-refractivity contribution in [2.45, 2.75) is 56.8 Å². The van der Waals surface area contributed by atoms with Crippen LogP contribution in [0.25, 0.3) is 4.85 Å². The number of hydrogen-bond donors (Lipinski definition) is 6. The van der Waals surface area contributed by atoms with Crippen molar-refractivity contribution >= 4 is 17.6 Å². The number of hydrazine groups is 1. The van der Waals surface area contributed by atoms with E-state index in [0.29, 0.717) is 19.4 Å². The standard InChI is InChI=1S/C25H36N8O3/c1-26-18-8-12-33(13-9-18)25-29-20-14-27-31-23(34)21(20)22(30-25)28-19-4-2-16(3-5-19)15-32-10-6-17(7-11-32)24(35)36/h2-5,17-18,20-22,25,27-30H,6-15H2,(H,31,34)(H,35,36). The van der Waals surface area contributed by atoms with Crippen molar-refractivity contribution in [1.29, 1.82) is 0 Å². The SMILES string of the molecule is [C-]#[N+]C1CCN(C2NC3CNNC(=O)C3C(Nc3ccc(CN4CCC(C(=O)O)CC4)cc3)N2)CC1. The van der Waals surface area contributed by atoms with Gasteiger partial charge in [-0.1, -0.05) is 12.1 Å². The summed E-state index contributed by atoms with van der Waals surface area (Å²) >= 11 is 0. The van der Waals surface area contributed by atoms with Crippen LogP contribution < -0.4 is 26.8 Å². The monoisotopic (exact) mass is 496 g/mol. The molecule has 6 N–H and O–H groups in total. The van der Waals surface area contributed by atoms with Crippen molar-refractivity contribution in [1.82, 2.24) is 31.3 Å². The lowest BCUT2D eigenvalue weighted by Gasteiger charge is -2.49. The van der Waals surface area contributed by atoms with Gasteiger partial charge in [0.1, 0.15) is 6.29 Å². The van der Waals surface area contributed by atoms with Gasteiger partial charge in [0, 0.05) is 50.7 Å². The number of hydrogen-bond acceptors (Lipinski definition) is 8. The first kappa shape index (κ1) is 24.9. The number of carbonyl (C=O) groups excluding carboxylic acids is 1. The second-order valence-corrected chi connectivity index (χ2v) is 10.3. The second kappa shape index (κ2) is 11.1. The average molecular weight is 497 g/mol. The zero-order valence-electron chi connectivity index (χ0n) is 20.4. The molecule has 4 aliphatic rings. The first-order valence-electron chi connectivity index (χ1n) is 13.0. The number of carbonyl (C=O) groups is 2. The summed E-state index contributed by atoms with van der Waals surface area (Å²) in [5.74, 6) is -1.23. The molecule has 4 heterocycles. The molecule has 1 amide bonds. The summed E-state index contributed by atoms with van der Waals surface area (Å²) in [4.78, 5) is 32.3. The number of aliphatic carboxylic acids is 1. The number of fused-ring (bicyclic) bond motifs is 1. The molecule has 1 aromatic rings. The summed E-state index contributed by atoms with van der Waals surface area (Å²) < 4.78 is 0. The van der Waals surface area contributed by atoms with E-state index < -0.39 is 5.97 Å². The van der Waals surface area contributed by atoms with Gasteiger partial charge in [-0.25, -0.2) is 12.0 Å². The molecule has 11 heteroatoms. The quantitative estimate of drug-likeness (QED) is 0.306. The Labute approximate surface area is 211 Å². The van der Waals surface area contributed by atoms with Gasteiger partial charge in [-0.05, 0) is 43.6 Å². The molecule has 194 valence electrons. The number of piperidine rings is 2. The highest BCUT2D eigenvalue weighted by molar-refractivity contribution is 5.81. The molecule has 0 bridgehead atoms. The van der Waals surface area contributed by atoms with Crippen LogP contribution in [0.5, 0.6) is 0 Å². The predicted octanol–water partition coefficient (Wildman–Crippen LogP) is 0.200. The van der Waals surface area contributed by atoms with Crippen LogP contribution in [0.15, 0.2) is 24.3 Å². The van der Waals surface area contributed by atoms with Gasteiger partial charge in [0.25, 0.3) is 0 Å². The Morgan fingerprint density at radius 2 is 1.81 bits per heavy atom. The van der Waals surface area contributed by atoms with E-state index in [4.69, 9.17) is 6.57 Å². The number of carboxylic acid groups (broad SMARTS) is 1. The number of benzene rings is 1. The predicted molar refractivity (Wildman–Crippen MR) is 134 cm³/mol. The van der Waals surface area contributed by atoms with E-state index in [1.807, 2.05) is 12.1 Å². The number of amides is 1. The Kier molecular flexibility index (Phi) is 7.69. The van der Waals surface area contributed by atoms with Crippen LogP contribution in [-0.2, 0) is 16.1 Å². The van der Waals surface area contributed by atoms with Gasteiger partial charge in [0.05, 0.1) is 18.0 Å². The molecule has 0 radical (unpaired) electrons. The minimum atomic E-state index is -0.684. The van der Waals surface area contributed by atoms with Crippen LogP contribution in [0.3, 0.4) is 0 Å². The molecular formula is C25H36N8O3. The Morgan fingerprint density at radius 1 is 1.08 bits per heavy atom. The topological polar surface area (TPSA) is 125 Å². The largest absolute Gasteiger partial charge is 0.481 e. The molecule has 5 rings (SSSR count). The van der Waals surface area contributed by atoms with Crippen LogP contribution in [0.1, 0.15) is 31.2 Å². The lowest BCUT2D eigenvalue weighted by molar-refractivity contribution is -0.143. The third-order valence-electron chi connectivity index (χ3n) is 8.00. The fourth-order valence-corrected chi connectivity index (χ4v) is 5.81. The molecule has 0 aromatic heterocycles. The van der Waals surface area contributed by atoms with Gasteiger partial charge in [-0.3, -0.25) is 35.4 Å². The molecule has 0 aliphatic carbocycles. The van der Waals surface area contributed by atoms with Crippen LogP contribution in [0.4, 0.5) is 5.69 Å². The molecule has 4 unspecified atom stereocenters. The highest BCUT2D eigenvalue weighted by Crippen LogP contribution is 2.24. The van der Waals surface area contributed by atoms with Crippen molar-refractivity contribution < 1.29 is 14.7 Å². The normalized spacial score (nSPS) is 30.7. The summed E-state index contributed by atoms with van der Waals surface area (Å²) in [7, 11) is 0. The molecule has 4 fully saturated rings. The van der Waals surface area contributed by atoms with Crippen LogP contribution in [-0.4, -0.2) is 84.0 Å². The van der Waals surface area contributed by atoms with Crippen LogP contribution in [0.2, 0.25) is 0 Å². The molecular weight excluding hydrogens is 460 g/mol. The molecule has 4 saturated heterocycles. The summed E-state index contributed by atoms with van der Waals surface area (Å²) in [6, 6.07) is 8.38. The van der Waals surface area contributed by atoms with Gasteiger partial charge < -0.3 is 15.3 Å². The Hall–Kier alpha value is -2.75. The minimum absolute atomic E-state index is 0.0194. The van der Waals surface area contributed by atoms with Crippen molar-refractivity contribution in [3.63, 3.8) is 0 Å². The molecule has 0 spiro atoms. The van der Waals surface area contributed by atoms with Gasteiger partial charge in [0.15, 0.2) is 0 Å². The fraction of sp³-hybridized carbons (Fsp3) is 0.640. The summed E-state index contributed by atoms with van der Waals surface area (Å²) in [5, 5.41) is 20.0. The first-order chi connectivity index (χ1) is 17.5. The molecule has 4 atom stereocenters. The van der Waals surface area contributed by atoms with Gasteiger partial charge >= 0.3 is 5.97 Å². The number of anilines is 1. The highest BCUT2D eigenvalue weighted by Gasteiger charge is 2.45. The highest BCUT2D eigenvalue weighted by atomic mass is 16.4. The molecule has 0 saturated carbocycles. The molecule has 4 aliphatic heterocycles. The fourth-order valence-electron chi connectivity index (χ4n) is 5.81. The lowest BCUT2D eigenvalue weighted by atomic mass is 9.91. The van der Waals surface area contributed by atoms with E-state index in [9.17, 15) is 14.7 Å². The average Bonchev–Trinajstić information content (AvgIpc) is 2.90. The number of rotatable bonds is 6. The third kappa shape index (κ3) is 5.63. The summed E-state index contributed by atoms with van der Waals surface area (Å²) in [5.41, 5.74) is 7.90. The van der Waals surface area contributed by atoms with E-state index >= 15 is 0 Å². The number of carboxylic acids is 1. The van der Waals surface area contributed by atoms with Crippen molar-refractivity contribution in [3.8, 4) is 0 Å². The van der Waals surface area contributed by atoms with Crippen LogP contribution >= 0.6 is 0 Å². The lowest BCUT2D eigenvalue weighted by Crippen LogP contribution is -2.77. The molecule has 36 heavy (non-hydrogen) atoms. The van der Waals surface area contributed by atoms with Crippen molar-refractivity contribution in [2.24, 2.45) is 11.8 Å². The Morgan fingerprint density at radius 3 is 2.47 bits per heavy atom. The van der Waals surface area contributed by atoms with E-state index in [-0.39, 0.29) is 42.3 Å². The maximum absolute atomic E-state index is 12.8. The zero-order valence-corrected chi connectivity index (χ0v) is 20.4. The third-order valence-corrected chi connectivity index (χ3v) is 8.00. The maximum atomic E-state index is 12.8. The molecule has 1 aromatic carbocycles. The second-order valence-electron chi connectivity index (χ2n) is 10.3. The smallest absolute Gasteiger partial charge is 0.306 e. The Bertz CT molecular complexity index is 967. The van der Waals surface area contributed by atoms with Gasteiger partial charge in [-0.15, -0.1) is 0 Å². The number of nitrogens with one attached hydrogen (secondary N) is 5. The summed E-state index contributed by atoms with van der Waals surface area (Å²) in [6.07, 6.45) is 2.81.